The van der Waals surface area contributed by atoms with Gasteiger partial charge in [0.2, 0.25) is 6.10 Å². The molecule has 0 bridgehead atoms. The zero-order valence-electron chi connectivity index (χ0n) is 13.9. The minimum absolute atomic E-state index is 0.524. The molecule has 4 aromatic rings. The number of hydrogen-bond donors (Lipinski definition) is 1. The van der Waals surface area contributed by atoms with Crippen molar-refractivity contribution in [2.24, 2.45) is 0 Å². The molecule has 0 aliphatic carbocycles. The maximum Gasteiger partial charge on any atom is 0.349 e. The Bertz CT molecular complexity index is 1040. The Balaban J connectivity index is 1.84. The molecule has 1 atom stereocenters. The molecule has 0 fully saturated rings. The van der Waals surface area contributed by atoms with Gasteiger partial charge in [-0.25, -0.2) is 4.79 Å². The summed E-state index contributed by atoms with van der Waals surface area (Å²) in [5.74, 6) is -0.501. The molecule has 1 unspecified atom stereocenters. The first kappa shape index (κ1) is 16.0. The van der Waals surface area contributed by atoms with Crippen LogP contribution in [0.15, 0.2) is 91.3 Å². The van der Waals surface area contributed by atoms with Crippen molar-refractivity contribution < 1.29 is 14.6 Å². The maximum absolute atomic E-state index is 11.8. The molecule has 1 heterocycles. The first-order chi connectivity index (χ1) is 12.7. The molecule has 26 heavy (non-hydrogen) atoms. The molecule has 1 aromatic heterocycles. The van der Waals surface area contributed by atoms with Gasteiger partial charge in [-0.2, -0.15) is 0 Å². The lowest BCUT2D eigenvalue weighted by atomic mass is 10.1. The maximum atomic E-state index is 11.8. The fraction of sp³-hybridized carbons (Fsp3) is 0.0455. The normalized spacial score (nSPS) is 12.0. The van der Waals surface area contributed by atoms with Gasteiger partial charge in [0.25, 0.3) is 0 Å². The third kappa shape index (κ3) is 3.05. The fourth-order valence-electron chi connectivity index (χ4n) is 3.01. The van der Waals surface area contributed by atoms with Crippen LogP contribution >= 0.6 is 0 Å². The van der Waals surface area contributed by atoms with E-state index in [0.717, 1.165) is 16.5 Å². The highest BCUT2D eigenvalue weighted by molar-refractivity contribution is 5.87. The molecule has 0 spiro atoms. The summed E-state index contributed by atoms with van der Waals surface area (Å²) < 4.78 is 7.93. The Labute approximate surface area is 150 Å². The Morgan fingerprint density at radius 2 is 1.46 bits per heavy atom. The van der Waals surface area contributed by atoms with Crippen LogP contribution in [0.25, 0.3) is 16.5 Å². The number of fused-ring (bicyclic) bond motifs is 1. The van der Waals surface area contributed by atoms with Crippen LogP contribution in [0, 0.1) is 0 Å². The van der Waals surface area contributed by atoms with E-state index in [-0.39, 0.29) is 0 Å². The summed E-state index contributed by atoms with van der Waals surface area (Å²) in [6, 6.07) is 24.7. The molecule has 4 nitrogen and oxygen atoms in total. The van der Waals surface area contributed by atoms with Crippen LogP contribution in [-0.4, -0.2) is 15.6 Å². The summed E-state index contributed by atoms with van der Waals surface area (Å²) in [6.45, 7) is 0. The molecule has 0 aliphatic rings. The molecule has 0 saturated heterocycles. The number of benzene rings is 3. The quantitative estimate of drug-likeness (QED) is 0.564. The van der Waals surface area contributed by atoms with Gasteiger partial charge in [0.05, 0.1) is 5.69 Å². The summed E-state index contributed by atoms with van der Waals surface area (Å²) in [6.07, 6.45) is 2.75. The molecule has 3 aromatic carbocycles. The van der Waals surface area contributed by atoms with Crippen molar-refractivity contribution >= 4 is 16.7 Å². The minimum atomic E-state index is -1.08. The summed E-state index contributed by atoms with van der Waals surface area (Å²) >= 11 is 0. The zero-order valence-corrected chi connectivity index (χ0v) is 13.9. The van der Waals surface area contributed by atoms with Gasteiger partial charge in [-0.15, -0.1) is 0 Å². The van der Waals surface area contributed by atoms with Crippen LogP contribution in [0.1, 0.15) is 11.7 Å². The van der Waals surface area contributed by atoms with Crippen molar-refractivity contribution in [1.82, 2.24) is 4.57 Å². The molecule has 0 aliphatic heterocycles. The first-order valence-electron chi connectivity index (χ1n) is 8.33. The predicted molar refractivity (Wildman–Crippen MR) is 101 cm³/mol. The van der Waals surface area contributed by atoms with Gasteiger partial charge in [0, 0.05) is 18.0 Å². The Morgan fingerprint density at radius 3 is 2.12 bits per heavy atom. The average Bonchev–Trinajstić information content (AvgIpc) is 3.20. The van der Waals surface area contributed by atoms with Gasteiger partial charge in [-0.3, -0.25) is 0 Å². The van der Waals surface area contributed by atoms with Gasteiger partial charge in [0.1, 0.15) is 5.75 Å². The van der Waals surface area contributed by atoms with E-state index in [1.807, 2.05) is 83.7 Å². The predicted octanol–water partition coefficient (Wildman–Crippen LogP) is 4.84. The van der Waals surface area contributed by atoms with Crippen LogP contribution < -0.4 is 4.74 Å². The molecule has 4 heteroatoms. The molecule has 1 N–H and O–H groups in total. The number of nitrogens with zero attached hydrogens (tertiary/aromatic N) is 1. The second-order valence-corrected chi connectivity index (χ2v) is 6.00. The summed E-state index contributed by atoms with van der Waals surface area (Å²) in [5.41, 5.74) is 1.41. The average molecular weight is 343 g/mol. The molecular formula is C22H17NO3. The highest BCUT2D eigenvalue weighted by Gasteiger charge is 2.23. The van der Waals surface area contributed by atoms with Crippen LogP contribution in [0.5, 0.6) is 5.75 Å². The van der Waals surface area contributed by atoms with Gasteiger partial charge in [-0.05, 0) is 35.0 Å². The van der Waals surface area contributed by atoms with Crippen molar-refractivity contribution in [3.05, 3.63) is 96.8 Å². The summed E-state index contributed by atoms with van der Waals surface area (Å²) in [4.78, 5) is 11.8. The molecule has 0 saturated carbocycles. The van der Waals surface area contributed by atoms with Crippen molar-refractivity contribution in [3.8, 4) is 11.4 Å². The van der Waals surface area contributed by atoms with E-state index in [4.69, 9.17) is 4.74 Å². The Kier molecular flexibility index (Phi) is 4.15. The van der Waals surface area contributed by atoms with Crippen LogP contribution in [-0.2, 0) is 4.79 Å². The number of rotatable bonds is 5. The number of aliphatic carboxylic acids is 1. The van der Waals surface area contributed by atoms with Crippen LogP contribution in [0.3, 0.4) is 0 Å². The standard InChI is InChI=1S/C22H17NO3/c24-22(25)21(16-8-2-1-3-9-16)26-20-15-18-11-5-4-10-17(18)14-19(20)23-12-6-7-13-23/h1-15,21H,(H,24,25). The molecule has 128 valence electrons. The molecule has 4 rings (SSSR count). The van der Waals surface area contributed by atoms with E-state index in [1.54, 1.807) is 12.1 Å². The molecule has 0 radical (unpaired) electrons. The lowest BCUT2D eigenvalue weighted by molar-refractivity contribution is -0.145. The number of carbonyl (C=O) groups is 1. The second-order valence-electron chi connectivity index (χ2n) is 6.00. The monoisotopic (exact) mass is 343 g/mol. The zero-order chi connectivity index (χ0) is 17.9. The van der Waals surface area contributed by atoms with Gasteiger partial charge >= 0.3 is 5.97 Å². The fourth-order valence-corrected chi connectivity index (χ4v) is 3.01. The van der Waals surface area contributed by atoms with Gasteiger partial charge in [-0.1, -0.05) is 54.6 Å². The van der Waals surface area contributed by atoms with Crippen molar-refractivity contribution in [3.63, 3.8) is 0 Å². The number of carboxylic acids is 1. The van der Waals surface area contributed by atoms with E-state index in [0.29, 0.717) is 11.3 Å². The molecular weight excluding hydrogens is 326 g/mol. The van der Waals surface area contributed by atoms with E-state index in [9.17, 15) is 9.90 Å². The van der Waals surface area contributed by atoms with Crippen LogP contribution in [0.2, 0.25) is 0 Å². The van der Waals surface area contributed by atoms with E-state index < -0.39 is 12.1 Å². The summed E-state index contributed by atoms with van der Waals surface area (Å²) in [7, 11) is 0. The SMILES string of the molecule is O=C(O)C(Oc1cc2ccccc2cc1-n1cccc1)c1ccccc1. The number of hydrogen-bond acceptors (Lipinski definition) is 2. The topological polar surface area (TPSA) is 51.5 Å². The van der Waals surface area contributed by atoms with Crippen molar-refractivity contribution in [2.75, 3.05) is 0 Å². The first-order valence-corrected chi connectivity index (χ1v) is 8.33. The van der Waals surface area contributed by atoms with E-state index in [2.05, 4.69) is 0 Å². The highest BCUT2D eigenvalue weighted by atomic mass is 16.5. The van der Waals surface area contributed by atoms with Gasteiger partial charge in [0.15, 0.2) is 0 Å². The Morgan fingerprint density at radius 1 is 0.846 bits per heavy atom. The van der Waals surface area contributed by atoms with Crippen molar-refractivity contribution in [1.29, 1.82) is 0 Å². The number of ether oxygens (including phenoxy) is 1. The molecule has 0 amide bonds. The third-order valence-electron chi connectivity index (χ3n) is 4.28. The number of carboxylic acid groups (broad SMARTS) is 1. The lowest BCUT2D eigenvalue weighted by Gasteiger charge is -2.19. The van der Waals surface area contributed by atoms with E-state index in [1.165, 1.54) is 0 Å². The van der Waals surface area contributed by atoms with Crippen LogP contribution in [0.4, 0.5) is 0 Å². The lowest BCUT2D eigenvalue weighted by Crippen LogP contribution is -2.18. The highest BCUT2D eigenvalue weighted by Crippen LogP contribution is 2.33. The summed E-state index contributed by atoms with van der Waals surface area (Å²) in [5, 5.41) is 11.8. The minimum Gasteiger partial charge on any atom is -0.478 e. The second kappa shape index (κ2) is 6.76. The van der Waals surface area contributed by atoms with Crippen molar-refractivity contribution in [2.45, 2.75) is 6.10 Å². The number of aromatic nitrogens is 1. The third-order valence-corrected chi connectivity index (χ3v) is 4.28. The van der Waals surface area contributed by atoms with E-state index >= 15 is 0 Å². The smallest absolute Gasteiger partial charge is 0.349 e. The van der Waals surface area contributed by atoms with Gasteiger partial charge < -0.3 is 14.4 Å². The largest absolute Gasteiger partial charge is 0.478 e. The Hall–Kier alpha value is -3.53.